The van der Waals surface area contributed by atoms with Gasteiger partial charge in [0.05, 0.1) is 25.1 Å². The summed E-state index contributed by atoms with van der Waals surface area (Å²) in [6.45, 7) is 0. The Labute approximate surface area is 146 Å². The Morgan fingerprint density at radius 2 is 1.80 bits per heavy atom. The average molecular weight is 349 g/mol. The van der Waals surface area contributed by atoms with Crippen molar-refractivity contribution in [3.8, 4) is 0 Å². The zero-order valence-electron chi connectivity index (χ0n) is 14.4. The minimum atomic E-state index is -0.465. The Morgan fingerprint density at radius 3 is 2.44 bits per heavy atom. The highest BCUT2D eigenvalue weighted by molar-refractivity contribution is 5.80. The summed E-state index contributed by atoms with van der Waals surface area (Å²) in [7, 11) is 1.35. The van der Waals surface area contributed by atoms with Crippen molar-refractivity contribution in [1.29, 1.82) is 0 Å². The minimum absolute atomic E-state index is 0.192. The lowest BCUT2D eigenvalue weighted by Gasteiger charge is -2.35. The fourth-order valence-corrected chi connectivity index (χ4v) is 3.85. The van der Waals surface area contributed by atoms with Crippen LogP contribution in [0.1, 0.15) is 56.6 Å². The summed E-state index contributed by atoms with van der Waals surface area (Å²) in [5.41, 5.74) is 0.615. The van der Waals surface area contributed by atoms with Crippen LogP contribution in [0.2, 0.25) is 0 Å². The molecule has 3 rings (SSSR count). The van der Waals surface area contributed by atoms with Crippen molar-refractivity contribution in [1.82, 2.24) is 4.98 Å². The summed E-state index contributed by atoms with van der Waals surface area (Å²) in [5.74, 6) is -1.31. The molecule has 2 aliphatic carbocycles. The second-order valence-electron chi connectivity index (χ2n) is 7.08. The Bertz CT molecular complexity index is 624. The van der Waals surface area contributed by atoms with Crippen LogP contribution in [-0.4, -0.2) is 24.0 Å². The molecule has 0 spiro atoms. The van der Waals surface area contributed by atoms with E-state index in [2.05, 4.69) is 4.98 Å². The predicted octanol–water partition coefficient (Wildman–Crippen LogP) is 3.58. The molecule has 1 unspecified atom stereocenters. The Morgan fingerprint density at radius 1 is 1.12 bits per heavy atom. The monoisotopic (exact) mass is 349 g/mol. The first-order valence-corrected chi connectivity index (χ1v) is 8.97. The van der Waals surface area contributed by atoms with E-state index in [0.29, 0.717) is 18.4 Å². The molecule has 0 N–H and O–H groups in total. The molecule has 0 aromatic carbocycles. The molecule has 2 saturated carbocycles. The molecule has 1 atom stereocenters. The number of carbonyl (C=O) groups is 2. The summed E-state index contributed by atoms with van der Waals surface area (Å²) in [6.07, 6.45) is 8.48. The molecule has 0 bridgehead atoms. The Hall–Kier alpha value is -1.98. The highest BCUT2D eigenvalue weighted by atomic mass is 19.1. The third-order valence-corrected chi connectivity index (χ3v) is 5.38. The van der Waals surface area contributed by atoms with Gasteiger partial charge in [-0.3, -0.25) is 14.6 Å². The van der Waals surface area contributed by atoms with Gasteiger partial charge in [-0.05, 0) is 31.7 Å². The number of halogens is 1. The van der Waals surface area contributed by atoms with E-state index in [9.17, 15) is 14.0 Å². The molecule has 0 saturated heterocycles. The topological polar surface area (TPSA) is 65.5 Å². The van der Waals surface area contributed by atoms with E-state index in [1.54, 1.807) is 6.20 Å². The lowest BCUT2D eigenvalue weighted by Crippen LogP contribution is -2.38. The Kier molecular flexibility index (Phi) is 5.66. The van der Waals surface area contributed by atoms with Crippen LogP contribution in [0, 0.1) is 23.6 Å². The molecule has 136 valence electrons. The minimum Gasteiger partial charge on any atom is -0.469 e. The van der Waals surface area contributed by atoms with Crippen molar-refractivity contribution >= 4 is 11.9 Å². The fraction of sp³-hybridized carbons (Fsp3) is 0.632. The van der Waals surface area contributed by atoms with Gasteiger partial charge in [-0.2, -0.15) is 0 Å². The first-order chi connectivity index (χ1) is 12.1. The first kappa shape index (κ1) is 17.8. The summed E-state index contributed by atoms with van der Waals surface area (Å²) >= 11 is 0. The van der Waals surface area contributed by atoms with Crippen LogP contribution in [0.5, 0.6) is 0 Å². The third-order valence-electron chi connectivity index (χ3n) is 5.38. The van der Waals surface area contributed by atoms with Crippen molar-refractivity contribution in [2.45, 2.75) is 51.0 Å². The van der Waals surface area contributed by atoms with Gasteiger partial charge in [-0.1, -0.05) is 19.3 Å². The number of pyridine rings is 1. The van der Waals surface area contributed by atoms with E-state index in [1.165, 1.54) is 19.6 Å². The van der Waals surface area contributed by atoms with Gasteiger partial charge in [-0.15, -0.1) is 0 Å². The van der Waals surface area contributed by atoms with Crippen molar-refractivity contribution < 1.29 is 23.5 Å². The number of carbonyl (C=O) groups excluding carboxylic acids is 2. The first-order valence-electron chi connectivity index (χ1n) is 8.97. The highest BCUT2D eigenvalue weighted by Gasteiger charge is 2.42. The number of aromatic nitrogens is 1. The summed E-state index contributed by atoms with van der Waals surface area (Å²) in [6, 6.07) is 1.40. The molecule has 1 aromatic rings. The molecular weight excluding hydrogens is 325 g/mol. The Balaban J connectivity index is 1.67. The van der Waals surface area contributed by atoms with Gasteiger partial charge in [0.15, 0.2) is 0 Å². The second-order valence-corrected chi connectivity index (χ2v) is 7.08. The molecule has 0 radical (unpaired) electrons. The third kappa shape index (κ3) is 4.17. The van der Waals surface area contributed by atoms with E-state index in [0.717, 1.165) is 31.9 Å². The van der Waals surface area contributed by atoms with Crippen molar-refractivity contribution in [3.05, 3.63) is 29.8 Å². The summed E-state index contributed by atoms with van der Waals surface area (Å²) < 4.78 is 24.1. The SMILES string of the molecule is COC(=O)C1CC(C(=O)OC(c2cncc(F)c2)C2CCCCC2)C1. The quantitative estimate of drug-likeness (QED) is 0.760. The number of ether oxygens (including phenoxy) is 2. The largest absolute Gasteiger partial charge is 0.469 e. The maximum atomic E-state index is 13.6. The molecule has 0 amide bonds. The molecule has 1 heterocycles. The number of esters is 2. The van der Waals surface area contributed by atoms with Crippen LogP contribution < -0.4 is 0 Å². The molecule has 6 heteroatoms. The van der Waals surface area contributed by atoms with Crippen LogP contribution in [0.15, 0.2) is 18.5 Å². The van der Waals surface area contributed by atoms with Crippen molar-refractivity contribution in [2.75, 3.05) is 7.11 Å². The smallest absolute Gasteiger partial charge is 0.309 e. The van der Waals surface area contributed by atoms with Gasteiger partial charge < -0.3 is 9.47 Å². The second kappa shape index (κ2) is 7.93. The standard InChI is InChI=1S/C19H24FNO4/c1-24-18(22)13-7-14(8-13)19(23)25-17(12-5-3-2-4-6-12)15-9-16(20)11-21-10-15/h9-14,17H,2-8H2,1H3. The van der Waals surface area contributed by atoms with Gasteiger partial charge in [0.25, 0.3) is 0 Å². The van der Waals surface area contributed by atoms with Crippen molar-refractivity contribution in [3.63, 3.8) is 0 Å². The number of methoxy groups -OCH3 is 1. The molecular formula is C19H24FNO4. The van der Waals surface area contributed by atoms with Crippen LogP contribution >= 0.6 is 0 Å². The van der Waals surface area contributed by atoms with Gasteiger partial charge in [0.2, 0.25) is 0 Å². The lowest BCUT2D eigenvalue weighted by molar-refractivity contribution is -0.167. The van der Waals surface area contributed by atoms with Crippen LogP contribution in [0.3, 0.4) is 0 Å². The van der Waals surface area contributed by atoms with Gasteiger partial charge in [0.1, 0.15) is 11.9 Å². The van der Waals surface area contributed by atoms with E-state index < -0.39 is 11.9 Å². The fourth-order valence-electron chi connectivity index (χ4n) is 3.85. The number of hydrogen-bond acceptors (Lipinski definition) is 5. The van der Waals surface area contributed by atoms with Crippen LogP contribution in [-0.2, 0) is 19.1 Å². The van der Waals surface area contributed by atoms with E-state index in [1.807, 2.05) is 0 Å². The zero-order chi connectivity index (χ0) is 17.8. The van der Waals surface area contributed by atoms with Gasteiger partial charge in [-0.25, -0.2) is 4.39 Å². The average Bonchev–Trinajstić information content (AvgIpc) is 2.59. The normalized spacial score (nSPS) is 24.9. The molecule has 5 nitrogen and oxygen atoms in total. The molecule has 0 aliphatic heterocycles. The molecule has 1 aromatic heterocycles. The maximum Gasteiger partial charge on any atom is 0.309 e. The zero-order valence-corrected chi connectivity index (χ0v) is 14.4. The summed E-state index contributed by atoms with van der Waals surface area (Å²) in [4.78, 5) is 27.9. The lowest BCUT2D eigenvalue weighted by atomic mass is 9.75. The molecule has 2 aliphatic rings. The van der Waals surface area contributed by atoms with Crippen LogP contribution in [0.4, 0.5) is 4.39 Å². The number of nitrogens with zero attached hydrogens (tertiary/aromatic N) is 1. The van der Waals surface area contributed by atoms with E-state index in [-0.39, 0.29) is 29.7 Å². The van der Waals surface area contributed by atoms with Gasteiger partial charge >= 0.3 is 11.9 Å². The van der Waals surface area contributed by atoms with Crippen molar-refractivity contribution in [2.24, 2.45) is 17.8 Å². The maximum absolute atomic E-state index is 13.6. The predicted molar refractivity (Wildman–Crippen MR) is 87.8 cm³/mol. The van der Waals surface area contributed by atoms with Gasteiger partial charge in [0, 0.05) is 17.7 Å². The van der Waals surface area contributed by atoms with Crippen LogP contribution in [0.25, 0.3) is 0 Å². The number of rotatable bonds is 5. The van der Waals surface area contributed by atoms with E-state index in [4.69, 9.17) is 9.47 Å². The summed E-state index contributed by atoms with van der Waals surface area (Å²) in [5, 5.41) is 0. The van der Waals surface area contributed by atoms with E-state index >= 15 is 0 Å². The highest BCUT2D eigenvalue weighted by Crippen LogP contribution is 2.40. The number of hydrogen-bond donors (Lipinski definition) is 0. The molecule has 25 heavy (non-hydrogen) atoms. The molecule has 2 fully saturated rings.